The van der Waals surface area contributed by atoms with E-state index >= 15 is 0 Å². The maximum Gasteiger partial charge on any atom is 0.330 e. The fourth-order valence-corrected chi connectivity index (χ4v) is 1.58. The van der Waals surface area contributed by atoms with Crippen molar-refractivity contribution in [2.24, 2.45) is 0 Å². The van der Waals surface area contributed by atoms with Gasteiger partial charge in [-0.2, -0.15) is 0 Å². The van der Waals surface area contributed by atoms with Gasteiger partial charge in [0.2, 0.25) is 0 Å². The van der Waals surface area contributed by atoms with Crippen LogP contribution in [0.15, 0.2) is 24.3 Å². The van der Waals surface area contributed by atoms with Crippen molar-refractivity contribution in [2.75, 3.05) is 7.11 Å². The Morgan fingerprint density at radius 2 is 1.76 bits per heavy atom. The number of hydrogen-bond acceptors (Lipinski definition) is 3. The highest BCUT2D eigenvalue weighted by Crippen LogP contribution is 2.21. The number of rotatable bonds is 3. The highest BCUT2D eigenvalue weighted by Gasteiger charge is 2.09. The van der Waals surface area contributed by atoms with Crippen molar-refractivity contribution in [3.8, 4) is 0 Å². The number of ketones is 1. The van der Waals surface area contributed by atoms with Gasteiger partial charge in [0.1, 0.15) is 0 Å². The van der Waals surface area contributed by atoms with Crippen molar-refractivity contribution in [1.29, 1.82) is 0 Å². The van der Waals surface area contributed by atoms with E-state index in [1.807, 2.05) is 13.8 Å². The van der Waals surface area contributed by atoms with Gasteiger partial charge in [-0.3, -0.25) is 4.79 Å². The molecule has 0 aliphatic carbocycles. The number of halogens is 1. The molecule has 1 rings (SSSR count). The first-order valence-electron chi connectivity index (χ1n) is 5.02. The van der Waals surface area contributed by atoms with Gasteiger partial charge in [0.05, 0.1) is 12.1 Å². The Kier molecular flexibility index (Phi) is 4.46. The third kappa shape index (κ3) is 3.43. The average molecular weight is 253 g/mol. The maximum absolute atomic E-state index is 11.8. The minimum atomic E-state index is -0.571. The van der Waals surface area contributed by atoms with Crippen LogP contribution in [0.2, 0.25) is 5.02 Å². The zero-order valence-corrected chi connectivity index (χ0v) is 10.7. The lowest BCUT2D eigenvalue weighted by Gasteiger charge is -2.05. The largest absolute Gasteiger partial charge is 0.466 e. The van der Waals surface area contributed by atoms with Crippen LogP contribution in [0.4, 0.5) is 0 Å². The highest BCUT2D eigenvalue weighted by molar-refractivity contribution is 6.34. The highest BCUT2D eigenvalue weighted by atomic mass is 35.5. The number of benzene rings is 1. The number of allylic oxidation sites excluding steroid dienone is 1. The van der Waals surface area contributed by atoms with E-state index in [1.165, 1.54) is 7.11 Å². The zero-order valence-electron chi connectivity index (χ0n) is 9.91. The lowest BCUT2D eigenvalue weighted by atomic mass is 10.0. The number of aryl methyl sites for hydroxylation is 2. The van der Waals surface area contributed by atoms with Gasteiger partial charge >= 0.3 is 5.97 Å². The molecule has 0 aromatic heterocycles. The fraction of sp³-hybridized carbons (Fsp3) is 0.231. The topological polar surface area (TPSA) is 43.4 Å². The molecule has 0 spiro atoms. The first-order valence-corrected chi connectivity index (χ1v) is 5.40. The van der Waals surface area contributed by atoms with Crippen molar-refractivity contribution in [1.82, 2.24) is 0 Å². The van der Waals surface area contributed by atoms with Crippen LogP contribution in [-0.2, 0) is 9.53 Å². The number of hydrogen-bond donors (Lipinski definition) is 0. The molecule has 0 N–H and O–H groups in total. The van der Waals surface area contributed by atoms with Crippen LogP contribution in [0.1, 0.15) is 21.5 Å². The molecular weight excluding hydrogens is 240 g/mol. The lowest BCUT2D eigenvalue weighted by molar-refractivity contribution is -0.134. The number of esters is 1. The molecule has 0 atom stereocenters. The molecule has 0 saturated carbocycles. The van der Waals surface area contributed by atoms with Crippen LogP contribution >= 0.6 is 11.6 Å². The molecule has 0 saturated heterocycles. The van der Waals surface area contributed by atoms with Crippen molar-refractivity contribution < 1.29 is 14.3 Å². The van der Waals surface area contributed by atoms with Gasteiger partial charge in [-0.25, -0.2) is 4.79 Å². The number of carbonyl (C=O) groups is 2. The first kappa shape index (κ1) is 13.5. The van der Waals surface area contributed by atoms with E-state index in [4.69, 9.17) is 11.6 Å². The van der Waals surface area contributed by atoms with Crippen molar-refractivity contribution in [3.05, 3.63) is 46.0 Å². The molecule has 0 radical (unpaired) electrons. The van der Waals surface area contributed by atoms with Gasteiger partial charge in [-0.1, -0.05) is 11.6 Å². The summed E-state index contributed by atoms with van der Waals surface area (Å²) in [6.07, 6.45) is 2.23. The Bertz CT molecular complexity index is 490. The van der Waals surface area contributed by atoms with Crippen LogP contribution in [-0.4, -0.2) is 18.9 Å². The predicted octanol–water partition coefficient (Wildman–Crippen LogP) is 2.87. The van der Waals surface area contributed by atoms with E-state index in [0.717, 1.165) is 23.3 Å². The summed E-state index contributed by atoms with van der Waals surface area (Å²) in [7, 11) is 1.25. The molecule has 0 heterocycles. The van der Waals surface area contributed by atoms with E-state index in [9.17, 15) is 9.59 Å². The smallest absolute Gasteiger partial charge is 0.330 e. The summed E-state index contributed by atoms with van der Waals surface area (Å²) < 4.78 is 4.40. The van der Waals surface area contributed by atoms with Gasteiger partial charge in [0.25, 0.3) is 0 Å². The van der Waals surface area contributed by atoms with Crippen LogP contribution in [0, 0.1) is 13.8 Å². The summed E-state index contributed by atoms with van der Waals surface area (Å²) in [6.45, 7) is 3.81. The average Bonchev–Trinajstić information content (AvgIpc) is 2.30. The normalized spacial score (nSPS) is 10.6. The standard InChI is InChI=1S/C13H13ClO3/c1-8-6-10(11(14)7-9(8)2)12(15)4-5-13(16)17-3/h4-7H,1-3H3/b5-4+. The quantitative estimate of drug-likeness (QED) is 0.472. The monoisotopic (exact) mass is 252 g/mol. The maximum atomic E-state index is 11.8. The number of methoxy groups -OCH3 is 1. The lowest BCUT2D eigenvalue weighted by Crippen LogP contribution is -2.00. The summed E-state index contributed by atoms with van der Waals surface area (Å²) in [4.78, 5) is 22.6. The molecule has 17 heavy (non-hydrogen) atoms. The Balaban J connectivity index is 3.01. The van der Waals surface area contributed by atoms with Crippen molar-refractivity contribution in [3.63, 3.8) is 0 Å². The van der Waals surface area contributed by atoms with Gasteiger partial charge in [0.15, 0.2) is 5.78 Å². The van der Waals surface area contributed by atoms with Crippen LogP contribution in [0.3, 0.4) is 0 Å². The van der Waals surface area contributed by atoms with Crippen molar-refractivity contribution >= 4 is 23.4 Å². The molecule has 0 amide bonds. The molecule has 0 aliphatic heterocycles. The second-order valence-electron chi connectivity index (χ2n) is 3.64. The number of ether oxygens (including phenoxy) is 1. The van der Waals surface area contributed by atoms with Gasteiger partial charge in [-0.15, -0.1) is 0 Å². The van der Waals surface area contributed by atoms with E-state index < -0.39 is 5.97 Å². The van der Waals surface area contributed by atoms with Gasteiger partial charge in [-0.05, 0) is 43.2 Å². The molecule has 0 aliphatic rings. The van der Waals surface area contributed by atoms with E-state index in [-0.39, 0.29) is 5.78 Å². The fourth-order valence-electron chi connectivity index (χ4n) is 1.27. The Hall–Kier alpha value is -1.61. The second kappa shape index (κ2) is 5.64. The molecule has 1 aromatic rings. The Morgan fingerprint density at radius 1 is 1.18 bits per heavy atom. The SMILES string of the molecule is COC(=O)/C=C/C(=O)c1cc(C)c(C)cc1Cl. The summed E-state index contributed by atoms with van der Waals surface area (Å²) in [6, 6.07) is 3.44. The van der Waals surface area contributed by atoms with Crippen LogP contribution < -0.4 is 0 Å². The second-order valence-corrected chi connectivity index (χ2v) is 4.04. The molecule has 1 aromatic carbocycles. The molecule has 0 fully saturated rings. The molecule has 0 bridgehead atoms. The Labute approximate surface area is 105 Å². The molecule has 3 nitrogen and oxygen atoms in total. The van der Waals surface area contributed by atoms with E-state index in [2.05, 4.69) is 4.74 Å². The van der Waals surface area contributed by atoms with Gasteiger partial charge < -0.3 is 4.74 Å². The summed E-state index contributed by atoms with van der Waals surface area (Å²) in [5.74, 6) is -0.887. The van der Waals surface area contributed by atoms with Gasteiger partial charge in [0, 0.05) is 11.6 Å². The summed E-state index contributed by atoms with van der Waals surface area (Å²) >= 11 is 5.97. The van der Waals surface area contributed by atoms with E-state index in [0.29, 0.717) is 10.6 Å². The Morgan fingerprint density at radius 3 is 2.35 bits per heavy atom. The molecule has 4 heteroatoms. The van der Waals surface area contributed by atoms with Crippen molar-refractivity contribution in [2.45, 2.75) is 13.8 Å². The molecular formula is C13H13ClO3. The zero-order chi connectivity index (χ0) is 13.0. The first-order chi connectivity index (χ1) is 7.95. The molecule has 90 valence electrons. The minimum absolute atomic E-state index is 0.316. The summed E-state index contributed by atoms with van der Waals surface area (Å²) in [5, 5.41) is 0.382. The number of carbonyl (C=O) groups excluding carboxylic acids is 2. The van der Waals surface area contributed by atoms with E-state index in [1.54, 1.807) is 12.1 Å². The minimum Gasteiger partial charge on any atom is -0.466 e. The van der Waals surface area contributed by atoms with Crippen LogP contribution in [0.25, 0.3) is 0 Å². The predicted molar refractivity (Wildman–Crippen MR) is 66.4 cm³/mol. The summed E-state index contributed by atoms with van der Waals surface area (Å²) in [5.41, 5.74) is 2.38. The molecule has 0 unspecified atom stereocenters. The third-order valence-electron chi connectivity index (χ3n) is 2.42. The third-order valence-corrected chi connectivity index (χ3v) is 2.73. The van der Waals surface area contributed by atoms with Crippen LogP contribution in [0.5, 0.6) is 0 Å².